The molecule has 1 aliphatic rings. The Morgan fingerprint density at radius 3 is 2.00 bits per heavy atom. The highest BCUT2D eigenvalue weighted by Gasteiger charge is 2.39. The second-order valence-corrected chi connectivity index (χ2v) is 5.38. The molecule has 70 valence electrons. The second kappa shape index (κ2) is 2.51. The van der Waals surface area contributed by atoms with E-state index < -0.39 is 0 Å². The van der Waals surface area contributed by atoms with Gasteiger partial charge in [0.1, 0.15) is 0 Å². The molecule has 12 heavy (non-hydrogen) atoms. The molecular weight excluding hydrogens is 146 g/mol. The maximum Gasteiger partial charge on any atom is 0.0352 e. The van der Waals surface area contributed by atoms with E-state index in [0.717, 1.165) is 6.42 Å². The molecule has 0 aliphatic carbocycles. The molecule has 0 aromatic rings. The second-order valence-electron chi connectivity index (χ2n) is 5.38. The monoisotopic (exact) mass is 167 g/mol. The summed E-state index contributed by atoms with van der Waals surface area (Å²) in [5.74, 6) is 0. The van der Waals surface area contributed by atoms with Crippen molar-refractivity contribution in [3.8, 4) is 0 Å². The number of hydrogen-bond acceptors (Lipinski definition) is 1. The quantitative estimate of drug-likeness (QED) is 0.535. The third kappa shape index (κ3) is 1.50. The molecule has 1 fully saturated rings. The summed E-state index contributed by atoms with van der Waals surface area (Å²) in [7, 11) is 0. The van der Waals surface area contributed by atoms with Crippen LogP contribution in [0, 0.1) is 0 Å². The predicted molar refractivity (Wildman–Crippen MR) is 54.0 cm³/mol. The van der Waals surface area contributed by atoms with Gasteiger partial charge in [0.15, 0.2) is 0 Å². The van der Waals surface area contributed by atoms with Gasteiger partial charge in [0.2, 0.25) is 0 Å². The summed E-state index contributed by atoms with van der Waals surface area (Å²) in [6.07, 6.45) is 2.40. The molecule has 1 rings (SSSR count). The zero-order valence-electron chi connectivity index (χ0n) is 9.07. The molecule has 1 heteroatoms. The number of likely N-dealkylation sites (tertiary alicyclic amines) is 1. The van der Waals surface area contributed by atoms with E-state index in [2.05, 4.69) is 46.1 Å². The van der Waals surface area contributed by atoms with Crippen LogP contribution in [0.5, 0.6) is 0 Å². The van der Waals surface area contributed by atoms with Crippen LogP contribution in [0.1, 0.15) is 47.5 Å². The highest BCUT2D eigenvalue weighted by atomic mass is 15.3. The Kier molecular flexibility index (Phi) is 2.02. The van der Waals surface area contributed by atoms with Gasteiger partial charge in [-0.25, -0.2) is 0 Å². The summed E-state index contributed by atoms with van der Waals surface area (Å²) in [6.45, 7) is 15.5. The summed E-state index contributed by atoms with van der Waals surface area (Å²) in [4.78, 5) is 2.46. The lowest BCUT2D eigenvalue weighted by Crippen LogP contribution is -2.48. The minimum Gasteiger partial charge on any atom is -0.365 e. The predicted octanol–water partition coefficient (Wildman–Crippen LogP) is 3.17. The van der Waals surface area contributed by atoms with Crippen molar-refractivity contribution >= 4 is 0 Å². The van der Waals surface area contributed by atoms with Crippen molar-refractivity contribution in [1.29, 1.82) is 0 Å². The van der Waals surface area contributed by atoms with Crippen LogP contribution in [-0.4, -0.2) is 16.0 Å². The summed E-state index contributed by atoms with van der Waals surface area (Å²) < 4.78 is 0. The summed E-state index contributed by atoms with van der Waals surface area (Å²) in [5.41, 5.74) is 1.82. The minimum atomic E-state index is 0.219. The molecule has 0 spiro atoms. The Balaban J connectivity index is 2.93. The largest absolute Gasteiger partial charge is 0.365 e. The van der Waals surface area contributed by atoms with Crippen molar-refractivity contribution in [2.24, 2.45) is 0 Å². The highest BCUT2D eigenvalue weighted by molar-refractivity contribution is 5.12. The third-order valence-electron chi connectivity index (χ3n) is 2.62. The van der Waals surface area contributed by atoms with E-state index in [9.17, 15) is 0 Å². The summed E-state index contributed by atoms with van der Waals surface area (Å²) in [6, 6.07) is 0. The third-order valence-corrected chi connectivity index (χ3v) is 2.62. The normalized spacial score (nSPS) is 23.4. The van der Waals surface area contributed by atoms with Crippen LogP contribution in [0.4, 0.5) is 0 Å². The molecule has 1 aliphatic heterocycles. The van der Waals surface area contributed by atoms with E-state index in [1.165, 1.54) is 12.1 Å². The lowest BCUT2D eigenvalue weighted by Gasteiger charge is -2.44. The Morgan fingerprint density at radius 1 is 1.33 bits per heavy atom. The first-order valence-corrected chi connectivity index (χ1v) is 4.73. The van der Waals surface area contributed by atoms with E-state index in [4.69, 9.17) is 0 Å². The minimum absolute atomic E-state index is 0.219. The summed E-state index contributed by atoms with van der Waals surface area (Å²) >= 11 is 0. The Morgan fingerprint density at radius 2 is 1.83 bits per heavy atom. The van der Waals surface area contributed by atoms with Crippen molar-refractivity contribution in [3.63, 3.8) is 0 Å². The zero-order valence-corrected chi connectivity index (χ0v) is 9.07. The first-order valence-electron chi connectivity index (χ1n) is 4.73. The maximum atomic E-state index is 4.12. The Bertz CT molecular complexity index is 196. The molecule has 1 saturated heterocycles. The van der Waals surface area contributed by atoms with Crippen molar-refractivity contribution in [2.45, 2.75) is 58.5 Å². The number of allylic oxidation sites excluding steroid dienone is 1. The van der Waals surface area contributed by atoms with Crippen LogP contribution in [0.3, 0.4) is 0 Å². The topological polar surface area (TPSA) is 3.24 Å². The van der Waals surface area contributed by atoms with Crippen molar-refractivity contribution in [3.05, 3.63) is 12.3 Å². The van der Waals surface area contributed by atoms with Gasteiger partial charge in [0.25, 0.3) is 0 Å². The lowest BCUT2D eigenvalue weighted by molar-refractivity contribution is 0.0966. The first kappa shape index (κ1) is 9.63. The van der Waals surface area contributed by atoms with E-state index in [1.807, 2.05) is 0 Å². The fraction of sp³-hybridized carbons (Fsp3) is 0.818. The standard InChI is InChI=1S/C11H21N/c1-9-7-8-11(5,6)12(9)10(2,3)4/h1,7-8H2,2-6H3. The average Bonchev–Trinajstić information content (AvgIpc) is 2.03. The Labute approximate surface area is 76.5 Å². The average molecular weight is 167 g/mol. The van der Waals surface area contributed by atoms with Gasteiger partial charge in [0.05, 0.1) is 0 Å². The molecule has 0 atom stereocenters. The Hall–Kier alpha value is -0.460. The molecule has 0 saturated carbocycles. The van der Waals surface area contributed by atoms with E-state index in [-0.39, 0.29) is 5.54 Å². The lowest BCUT2D eigenvalue weighted by atomic mass is 9.96. The van der Waals surface area contributed by atoms with Gasteiger partial charge in [-0.2, -0.15) is 0 Å². The number of rotatable bonds is 0. The molecule has 0 unspecified atom stereocenters. The van der Waals surface area contributed by atoms with Crippen molar-refractivity contribution < 1.29 is 0 Å². The molecular formula is C11H21N. The van der Waals surface area contributed by atoms with Gasteiger partial charge in [-0.15, -0.1) is 0 Å². The van der Waals surface area contributed by atoms with Crippen LogP contribution >= 0.6 is 0 Å². The van der Waals surface area contributed by atoms with Crippen LogP contribution in [-0.2, 0) is 0 Å². The van der Waals surface area contributed by atoms with Gasteiger partial charge in [0, 0.05) is 16.8 Å². The van der Waals surface area contributed by atoms with Crippen LogP contribution in [0.15, 0.2) is 12.3 Å². The maximum absolute atomic E-state index is 4.12. The SMILES string of the molecule is C=C1CCC(C)(C)N1C(C)(C)C. The molecule has 0 aromatic carbocycles. The molecule has 0 aromatic heterocycles. The smallest absolute Gasteiger partial charge is 0.0352 e. The molecule has 0 radical (unpaired) electrons. The molecule has 0 amide bonds. The van der Waals surface area contributed by atoms with Crippen LogP contribution < -0.4 is 0 Å². The van der Waals surface area contributed by atoms with Crippen LogP contribution in [0.25, 0.3) is 0 Å². The number of nitrogens with zero attached hydrogens (tertiary/aromatic N) is 1. The van der Waals surface area contributed by atoms with Crippen LogP contribution in [0.2, 0.25) is 0 Å². The van der Waals surface area contributed by atoms with Gasteiger partial charge >= 0.3 is 0 Å². The fourth-order valence-corrected chi connectivity index (χ4v) is 2.48. The van der Waals surface area contributed by atoms with Gasteiger partial charge < -0.3 is 4.90 Å². The highest BCUT2D eigenvalue weighted by Crippen LogP contribution is 2.40. The van der Waals surface area contributed by atoms with Gasteiger partial charge in [-0.05, 0) is 47.5 Å². The van der Waals surface area contributed by atoms with Crippen molar-refractivity contribution in [1.82, 2.24) is 4.90 Å². The fourth-order valence-electron chi connectivity index (χ4n) is 2.48. The molecule has 0 N–H and O–H groups in total. The molecule has 1 nitrogen and oxygen atoms in total. The summed E-state index contributed by atoms with van der Waals surface area (Å²) in [5, 5.41) is 0. The number of hydrogen-bond donors (Lipinski definition) is 0. The van der Waals surface area contributed by atoms with E-state index >= 15 is 0 Å². The molecule has 0 bridgehead atoms. The van der Waals surface area contributed by atoms with E-state index in [1.54, 1.807) is 0 Å². The van der Waals surface area contributed by atoms with E-state index in [0.29, 0.717) is 5.54 Å². The van der Waals surface area contributed by atoms with Gasteiger partial charge in [-0.1, -0.05) is 6.58 Å². The van der Waals surface area contributed by atoms with Gasteiger partial charge in [-0.3, -0.25) is 0 Å². The van der Waals surface area contributed by atoms with Crippen molar-refractivity contribution in [2.75, 3.05) is 0 Å². The first-order chi connectivity index (χ1) is 5.25. The molecule has 1 heterocycles. The zero-order chi connectivity index (χ0) is 9.57.